The largest absolute Gasteiger partial charge is 0.504 e. The van der Waals surface area contributed by atoms with Crippen LogP contribution in [-0.2, 0) is 6.54 Å². The molecular formula is C14H12ClNO4. The summed E-state index contributed by atoms with van der Waals surface area (Å²) >= 11 is 6.14. The Morgan fingerprint density at radius 3 is 2.55 bits per heavy atom. The van der Waals surface area contributed by atoms with Gasteiger partial charge >= 0.3 is 0 Å². The third kappa shape index (κ3) is 2.40. The maximum absolute atomic E-state index is 9.44. The van der Waals surface area contributed by atoms with Gasteiger partial charge in [0.1, 0.15) is 0 Å². The Morgan fingerprint density at radius 2 is 1.80 bits per heavy atom. The van der Waals surface area contributed by atoms with Crippen LogP contribution < -0.4 is 14.8 Å². The second-order valence-electron chi connectivity index (χ2n) is 4.36. The van der Waals surface area contributed by atoms with E-state index < -0.39 is 0 Å². The molecule has 3 rings (SSSR count). The lowest BCUT2D eigenvalue weighted by Gasteiger charge is -2.10. The number of phenols is 2. The van der Waals surface area contributed by atoms with Crippen LogP contribution in [0, 0.1) is 0 Å². The fraction of sp³-hybridized carbons (Fsp3) is 0.143. The highest BCUT2D eigenvalue weighted by Crippen LogP contribution is 2.39. The Morgan fingerprint density at radius 1 is 1.05 bits per heavy atom. The van der Waals surface area contributed by atoms with Crippen molar-refractivity contribution in [1.82, 2.24) is 0 Å². The zero-order valence-corrected chi connectivity index (χ0v) is 11.1. The van der Waals surface area contributed by atoms with E-state index in [9.17, 15) is 10.2 Å². The summed E-state index contributed by atoms with van der Waals surface area (Å²) in [7, 11) is 0. The molecule has 1 aliphatic rings. The number of hydrogen-bond donors (Lipinski definition) is 3. The van der Waals surface area contributed by atoms with E-state index in [4.69, 9.17) is 21.1 Å². The van der Waals surface area contributed by atoms with Crippen LogP contribution >= 0.6 is 11.6 Å². The third-order valence-electron chi connectivity index (χ3n) is 2.99. The van der Waals surface area contributed by atoms with Crippen molar-refractivity contribution in [2.75, 3.05) is 12.1 Å². The molecule has 0 atom stereocenters. The van der Waals surface area contributed by atoms with Crippen molar-refractivity contribution >= 4 is 17.3 Å². The molecule has 0 saturated carbocycles. The third-order valence-corrected chi connectivity index (χ3v) is 3.30. The number of benzene rings is 2. The van der Waals surface area contributed by atoms with Crippen LogP contribution in [0.2, 0.25) is 5.02 Å². The van der Waals surface area contributed by atoms with Crippen molar-refractivity contribution in [2.24, 2.45) is 0 Å². The van der Waals surface area contributed by atoms with Crippen molar-refractivity contribution < 1.29 is 19.7 Å². The van der Waals surface area contributed by atoms with Crippen LogP contribution in [0.25, 0.3) is 0 Å². The number of fused-ring (bicyclic) bond motifs is 1. The molecule has 0 amide bonds. The van der Waals surface area contributed by atoms with Crippen molar-refractivity contribution in [3.05, 3.63) is 40.9 Å². The maximum Gasteiger partial charge on any atom is 0.231 e. The average molecular weight is 294 g/mol. The van der Waals surface area contributed by atoms with E-state index in [2.05, 4.69) is 5.32 Å². The van der Waals surface area contributed by atoms with Crippen LogP contribution in [-0.4, -0.2) is 17.0 Å². The van der Waals surface area contributed by atoms with E-state index in [1.165, 1.54) is 12.1 Å². The molecule has 5 nitrogen and oxygen atoms in total. The minimum Gasteiger partial charge on any atom is -0.504 e. The molecule has 0 fully saturated rings. The summed E-state index contributed by atoms with van der Waals surface area (Å²) < 4.78 is 10.5. The van der Waals surface area contributed by atoms with E-state index in [0.29, 0.717) is 28.8 Å². The molecule has 0 spiro atoms. The average Bonchev–Trinajstić information content (AvgIpc) is 2.87. The molecule has 1 aliphatic heterocycles. The fourth-order valence-electron chi connectivity index (χ4n) is 1.93. The highest BCUT2D eigenvalue weighted by atomic mass is 35.5. The van der Waals surface area contributed by atoms with Gasteiger partial charge < -0.3 is 25.0 Å². The van der Waals surface area contributed by atoms with Crippen molar-refractivity contribution in [1.29, 1.82) is 0 Å². The molecule has 1 heterocycles. The number of halogens is 1. The van der Waals surface area contributed by atoms with Gasteiger partial charge in [-0.25, -0.2) is 0 Å². The summed E-state index contributed by atoms with van der Waals surface area (Å²) in [5.41, 5.74) is 1.53. The van der Waals surface area contributed by atoms with Crippen LogP contribution in [0.3, 0.4) is 0 Å². The number of ether oxygens (including phenoxy) is 2. The number of nitrogens with one attached hydrogen (secondary N) is 1. The number of aromatic hydroxyl groups is 2. The predicted octanol–water partition coefficient (Wildman–Crippen LogP) is 3.09. The first-order valence-electron chi connectivity index (χ1n) is 5.97. The molecule has 3 N–H and O–H groups in total. The molecule has 0 radical (unpaired) electrons. The minimum atomic E-state index is -0.152. The molecule has 0 aliphatic carbocycles. The first kappa shape index (κ1) is 12.7. The van der Waals surface area contributed by atoms with Crippen LogP contribution in [0.15, 0.2) is 30.3 Å². The van der Waals surface area contributed by atoms with Crippen molar-refractivity contribution in [3.8, 4) is 23.0 Å². The number of anilines is 1. The highest BCUT2D eigenvalue weighted by Gasteiger charge is 2.16. The molecule has 20 heavy (non-hydrogen) atoms. The predicted molar refractivity (Wildman–Crippen MR) is 74.7 cm³/mol. The van der Waals surface area contributed by atoms with Gasteiger partial charge in [0, 0.05) is 18.7 Å². The molecular weight excluding hydrogens is 282 g/mol. The summed E-state index contributed by atoms with van der Waals surface area (Å²) in [4.78, 5) is 0. The SMILES string of the molecule is Oc1ccc(CNc2cc3c(cc2Cl)OCO3)cc1O. The second-order valence-corrected chi connectivity index (χ2v) is 4.77. The van der Waals surface area contributed by atoms with Crippen molar-refractivity contribution in [2.45, 2.75) is 6.54 Å². The van der Waals surface area contributed by atoms with E-state index in [1.54, 1.807) is 18.2 Å². The van der Waals surface area contributed by atoms with Crippen LogP contribution in [0.5, 0.6) is 23.0 Å². The molecule has 0 unspecified atom stereocenters. The number of rotatable bonds is 3. The molecule has 104 valence electrons. The van der Waals surface area contributed by atoms with E-state index in [0.717, 1.165) is 5.56 Å². The topological polar surface area (TPSA) is 71.0 Å². The van der Waals surface area contributed by atoms with E-state index in [-0.39, 0.29) is 18.3 Å². The van der Waals surface area contributed by atoms with Crippen LogP contribution in [0.4, 0.5) is 5.69 Å². The van der Waals surface area contributed by atoms with Gasteiger partial charge in [0.15, 0.2) is 23.0 Å². The lowest BCUT2D eigenvalue weighted by molar-refractivity contribution is 0.174. The zero-order valence-electron chi connectivity index (χ0n) is 10.4. The summed E-state index contributed by atoms with van der Waals surface area (Å²) in [5.74, 6) is 0.976. The Balaban J connectivity index is 1.76. The first-order chi connectivity index (χ1) is 9.63. The Hall–Kier alpha value is -2.27. The van der Waals surface area contributed by atoms with Gasteiger partial charge in [-0.3, -0.25) is 0 Å². The lowest BCUT2D eigenvalue weighted by Crippen LogP contribution is -2.00. The smallest absolute Gasteiger partial charge is 0.231 e. The van der Waals surface area contributed by atoms with Crippen molar-refractivity contribution in [3.63, 3.8) is 0 Å². The molecule has 2 aromatic rings. The van der Waals surface area contributed by atoms with E-state index >= 15 is 0 Å². The van der Waals surface area contributed by atoms with Gasteiger partial charge in [-0.15, -0.1) is 0 Å². The van der Waals surface area contributed by atoms with Gasteiger partial charge in [0.05, 0.1) is 10.7 Å². The molecule has 0 aromatic heterocycles. The van der Waals surface area contributed by atoms with Gasteiger partial charge in [0.25, 0.3) is 0 Å². The lowest BCUT2D eigenvalue weighted by atomic mass is 10.2. The minimum absolute atomic E-state index is 0.144. The Bertz CT molecular complexity index is 660. The summed E-state index contributed by atoms with van der Waals surface area (Å²) in [6.45, 7) is 0.647. The van der Waals surface area contributed by atoms with Gasteiger partial charge in [-0.05, 0) is 17.7 Å². The normalized spacial score (nSPS) is 12.4. The molecule has 2 aromatic carbocycles. The number of hydrogen-bond acceptors (Lipinski definition) is 5. The summed E-state index contributed by atoms with van der Waals surface area (Å²) in [6.07, 6.45) is 0. The quantitative estimate of drug-likeness (QED) is 0.759. The van der Waals surface area contributed by atoms with E-state index in [1.807, 2.05) is 0 Å². The van der Waals surface area contributed by atoms with Gasteiger partial charge in [-0.2, -0.15) is 0 Å². The van der Waals surface area contributed by atoms with Crippen LogP contribution in [0.1, 0.15) is 5.56 Å². The summed E-state index contributed by atoms with van der Waals surface area (Å²) in [5, 5.41) is 22.4. The second kappa shape index (κ2) is 5.02. The fourth-order valence-corrected chi connectivity index (χ4v) is 2.15. The molecule has 6 heteroatoms. The van der Waals surface area contributed by atoms with Gasteiger partial charge in [-0.1, -0.05) is 17.7 Å². The molecule has 0 bridgehead atoms. The Kier molecular flexibility index (Phi) is 3.20. The zero-order chi connectivity index (χ0) is 14.1. The standard InChI is InChI=1S/C14H12ClNO4/c15-9-4-13-14(20-7-19-13)5-10(9)16-6-8-1-2-11(17)12(18)3-8/h1-5,16-18H,6-7H2. The number of phenolic OH excluding ortho intramolecular Hbond substituents is 2. The monoisotopic (exact) mass is 293 g/mol. The highest BCUT2D eigenvalue weighted by molar-refractivity contribution is 6.33. The first-order valence-corrected chi connectivity index (χ1v) is 6.35. The summed E-state index contributed by atoms with van der Waals surface area (Å²) in [6, 6.07) is 8.10. The van der Waals surface area contributed by atoms with Gasteiger partial charge in [0.2, 0.25) is 6.79 Å². The Labute approximate surface area is 120 Å². The maximum atomic E-state index is 9.44. The molecule has 0 saturated heterocycles.